The van der Waals surface area contributed by atoms with Crippen molar-refractivity contribution in [2.45, 2.75) is 19.1 Å². The molecule has 1 N–H and O–H groups in total. The molecular formula is C19H17FN2. The molecule has 0 aliphatic carbocycles. The number of nitrogens with one attached hydrogen (secondary N) is 1. The van der Waals surface area contributed by atoms with Crippen LogP contribution in [0.5, 0.6) is 0 Å². The number of rotatable bonds is 2. The molecule has 3 aromatic rings. The summed E-state index contributed by atoms with van der Waals surface area (Å²) in [6, 6.07) is 21.8. The van der Waals surface area contributed by atoms with Gasteiger partial charge in [-0.3, -0.25) is 0 Å². The fourth-order valence-electron chi connectivity index (χ4n) is 3.14. The Bertz CT molecular complexity index is 775. The van der Waals surface area contributed by atoms with Gasteiger partial charge in [-0.2, -0.15) is 0 Å². The highest BCUT2D eigenvalue weighted by Crippen LogP contribution is 2.29. The third-order valence-electron chi connectivity index (χ3n) is 4.31. The monoisotopic (exact) mass is 292 g/mol. The number of aromatic nitrogens is 1. The molecule has 1 aromatic heterocycles. The van der Waals surface area contributed by atoms with Crippen LogP contribution in [0, 0.1) is 5.82 Å². The maximum Gasteiger partial charge on any atom is 0.123 e. The molecule has 0 unspecified atom stereocenters. The highest BCUT2D eigenvalue weighted by Gasteiger charge is 2.21. The Kier molecular flexibility index (Phi) is 3.28. The van der Waals surface area contributed by atoms with Gasteiger partial charge in [0.1, 0.15) is 5.82 Å². The van der Waals surface area contributed by atoms with Gasteiger partial charge in [-0.05, 0) is 47.5 Å². The first-order valence-electron chi connectivity index (χ1n) is 7.54. The van der Waals surface area contributed by atoms with E-state index in [0.29, 0.717) is 6.04 Å². The van der Waals surface area contributed by atoms with Crippen LogP contribution in [0.25, 0.3) is 11.3 Å². The molecule has 0 amide bonds. The third kappa shape index (κ3) is 2.34. The Morgan fingerprint density at radius 3 is 2.45 bits per heavy atom. The molecular weight excluding hydrogens is 275 g/mol. The van der Waals surface area contributed by atoms with Crippen molar-refractivity contribution in [3.8, 4) is 11.3 Å². The molecule has 3 heteroatoms. The SMILES string of the molecule is Fc1ccc(-c2ccc3n2C[C@@H](c2ccccc2)NC3)cc1. The zero-order valence-electron chi connectivity index (χ0n) is 12.2. The minimum absolute atomic E-state index is 0.196. The molecule has 0 spiro atoms. The predicted molar refractivity (Wildman–Crippen MR) is 85.8 cm³/mol. The van der Waals surface area contributed by atoms with Crippen molar-refractivity contribution in [3.05, 3.63) is 83.8 Å². The molecule has 22 heavy (non-hydrogen) atoms. The highest BCUT2D eigenvalue weighted by atomic mass is 19.1. The average molecular weight is 292 g/mol. The summed E-state index contributed by atoms with van der Waals surface area (Å²) in [6.07, 6.45) is 0. The van der Waals surface area contributed by atoms with Gasteiger partial charge in [0.25, 0.3) is 0 Å². The molecule has 2 nitrogen and oxygen atoms in total. The van der Waals surface area contributed by atoms with E-state index in [1.54, 1.807) is 0 Å². The van der Waals surface area contributed by atoms with Gasteiger partial charge in [0, 0.05) is 24.5 Å². The first-order valence-corrected chi connectivity index (χ1v) is 7.54. The number of nitrogens with zero attached hydrogens (tertiary/aromatic N) is 1. The summed E-state index contributed by atoms with van der Waals surface area (Å²) in [6.45, 7) is 1.74. The van der Waals surface area contributed by atoms with Gasteiger partial charge in [-0.15, -0.1) is 0 Å². The van der Waals surface area contributed by atoms with Gasteiger partial charge in [-0.25, -0.2) is 4.39 Å². The van der Waals surface area contributed by atoms with E-state index < -0.39 is 0 Å². The first kappa shape index (κ1) is 13.3. The van der Waals surface area contributed by atoms with Crippen molar-refractivity contribution in [1.29, 1.82) is 0 Å². The zero-order chi connectivity index (χ0) is 14.9. The van der Waals surface area contributed by atoms with Gasteiger partial charge < -0.3 is 9.88 Å². The normalized spacial score (nSPS) is 17.2. The van der Waals surface area contributed by atoms with E-state index in [9.17, 15) is 4.39 Å². The van der Waals surface area contributed by atoms with Crippen molar-refractivity contribution in [2.75, 3.05) is 0 Å². The Morgan fingerprint density at radius 1 is 0.909 bits per heavy atom. The van der Waals surface area contributed by atoms with Gasteiger partial charge in [0.2, 0.25) is 0 Å². The van der Waals surface area contributed by atoms with Crippen molar-refractivity contribution in [3.63, 3.8) is 0 Å². The Hall–Kier alpha value is -2.39. The first-order chi connectivity index (χ1) is 10.8. The van der Waals surface area contributed by atoms with Crippen LogP contribution in [0.3, 0.4) is 0 Å². The molecule has 0 bridgehead atoms. The topological polar surface area (TPSA) is 17.0 Å². The van der Waals surface area contributed by atoms with Crippen LogP contribution in [-0.2, 0) is 13.1 Å². The summed E-state index contributed by atoms with van der Waals surface area (Å²) in [5, 5.41) is 3.58. The lowest BCUT2D eigenvalue weighted by Crippen LogP contribution is -2.32. The standard InChI is InChI=1S/C19H17FN2/c20-16-8-6-15(7-9-16)19-11-10-17-12-21-18(13-22(17)19)14-4-2-1-3-5-14/h1-11,18,21H,12-13H2/t18-/m0/s1. The lowest BCUT2D eigenvalue weighted by molar-refractivity contribution is 0.406. The van der Waals surface area contributed by atoms with Crippen LogP contribution < -0.4 is 5.32 Å². The number of halogens is 1. The fraction of sp³-hybridized carbons (Fsp3) is 0.158. The van der Waals surface area contributed by atoms with E-state index >= 15 is 0 Å². The molecule has 0 radical (unpaired) electrons. The minimum atomic E-state index is -0.196. The van der Waals surface area contributed by atoms with E-state index in [-0.39, 0.29) is 5.82 Å². The Balaban J connectivity index is 1.69. The largest absolute Gasteiger partial charge is 0.341 e. The van der Waals surface area contributed by atoms with Crippen LogP contribution in [0.1, 0.15) is 17.3 Å². The minimum Gasteiger partial charge on any atom is -0.341 e. The summed E-state index contributed by atoms with van der Waals surface area (Å²) < 4.78 is 15.5. The van der Waals surface area contributed by atoms with E-state index in [1.807, 2.05) is 18.2 Å². The predicted octanol–water partition coefficient (Wildman–Crippen LogP) is 4.14. The van der Waals surface area contributed by atoms with E-state index in [2.05, 4.69) is 46.3 Å². The van der Waals surface area contributed by atoms with Crippen molar-refractivity contribution >= 4 is 0 Å². The van der Waals surface area contributed by atoms with Crippen LogP contribution in [-0.4, -0.2) is 4.57 Å². The van der Waals surface area contributed by atoms with Crippen LogP contribution >= 0.6 is 0 Å². The number of hydrogen-bond donors (Lipinski definition) is 1. The Labute approximate surface area is 129 Å². The van der Waals surface area contributed by atoms with E-state index in [4.69, 9.17) is 0 Å². The van der Waals surface area contributed by atoms with Crippen LogP contribution in [0.2, 0.25) is 0 Å². The molecule has 4 rings (SSSR count). The molecule has 1 aliphatic heterocycles. The number of hydrogen-bond acceptors (Lipinski definition) is 1. The summed E-state index contributed by atoms with van der Waals surface area (Å²) in [4.78, 5) is 0. The van der Waals surface area contributed by atoms with Gasteiger partial charge in [0.15, 0.2) is 0 Å². The number of benzene rings is 2. The molecule has 1 atom stereocenters. The summed E-state index contributed by atoms with van der Waals surface area (Å²) >= 11 is 0. The van der Waals surface area contributed by atoms with Gasteiger partial charge in [0.05, 0.1) is 6.04 Å². The maximum absolute atomic E-state index is 13.1. The maximum atomic E-state index is 13.1. The van der Waals surface area contributed by atoms with Crippen molar-refractivity contribution < 1.29 is 4.39 Å². The molecule has 0 fully saturated rings. The average Bonchev–Trinajstić information content (AvgIpc) is 2.99. The molecule has 2 heterocycles. The van der Waals surface area contributed by atoms with Crippen LogP contribution in [0.4, 0.5) is 4.39 Å². The van der Waals surface area contributed by atoms with E-state index in [0.717, 1.165) is 24.3 Å². The molecule has 110 valence electrons. The second-order valence-corrected chi connectivity index (χ2v) is 5.67. The lowest BCUT2D eigenvalue weighted by atomic mass is 10.0. The van der Waals surface area contributed by atoms with Crippen LogP contribution in [0.15, 0.2) is 66.7 Å². The smallest absolute Gasteiger partial charge is 0.123 e. The van der Waals surface area contributed by atoms with E-state index in [1.165, 1.54) is 23.4 Å². The second-order valence-electron chi connectivity index (χ2n) is 5.67. The fourth-order valence-corrected chi connectivity index (χ4v) is 3.14. The van der Waals surface area contributed by atoms with Gasteiger partial charge in [-0.1, -0.05) is 30.3 Å². The second kappa shape index (κ2) is 5.43. The zero-order valence-corrected chi connectivity index (χ0v) is 12.2. The quantitative estimate of drug-likeness (QED) is 0.751. The molecule has 2 aromatic carbocycles. The highest BCUT2D eigenvalue weighted by molar-refractivity contribution is 5.61. The Morgan fingerprint density at radius 2 is 1.68 bits per heavy atom. The summed E-state index contributed by atoms with van der Waals surface area (Å²) in [7, 11) is 0. The molecule has 1 aliphatic rings. The number of fused-ring (bicyclic) bond motifs is 1. The van der Waals surface area contributed by atoms with Crippen molar-refractivity contribution in [2.24, 2.45) is 0 Å². The third-order valence-corrected chi connectivity index (χ3v) is 4.31. The summed E-state index contributed by atoms with van der Waals surface area (Å²) in [5.41, 5.74) is 4.78. The summed E-state index contributed by atoms with van der Waals surface area (Å²) in [5.74, 6) is -0.196. The van der Waals surface area contributed by atoms with Gasteiger partial charge >= 0.3 is 0 Å². The molecule has 0 saturated carbocycles. The lowest BCUT2D eigenvalue weighted by Gasteiger charge is -2.28. The molecule has 0 saturated heterocycles. The van der Waals surface area contributed by atoms with Crippen molar-refractivity contribution in [1.82, 2.24) is 9.88 Å².